The summed E-state index contributed by atoms with van der Waals surface area (Å²) >= 11 is 0. The molecular weight excluding hydrogens is 240 g/mol. The van der Waals surface area contributed by atoms with Gasteiger partial charge in [-0.15, -0.1) is 5.92 Å². The van der Waals surface area contributed by atoms with E-state index in [-0.39, 0.29) is 6.42 Å². The minimum atomic E-state index is -0.715. The number of rotatable bonds is 8. The van der Waals surface area contributed by atoms with Gasteiger partial charge >= 0.3 is 5.97 Å². The van der Waals surface area contributed by atoms with Crippen molar-refractivity contribution in [3.8, 4) is 11.8 Å². The van der Waals surface area contributed by atoms with Gasteiger partial charge in [0.15, 0.2) is 0 Å². The number of allylic oxidation sites excluding steroid dienone is 2. The Morgan fingerprint density at radius 1 is 1.37 bits per heavy atom. The average molecular weight is 264 g/mol. The van der Waals surface area contributed by atoms with Crippen LogP contribution < -0.4 is 0 Å². The van der Waals surface area contributed by atoms with Crippen LogP contribution in [0.15, 0.2) is 12.2 Å². The molecular formula is C16H24O3. The van der Waals surface area contributed by atoms with Crippen LogP contribution >= 0.6 is 0 Å². The van der Waals surface area contributed by atoms with E-state index in [1.165, 1.54) is 12.8 Å². The molecule has 0 aliphatic heterocycles. The summed E-state index contributed by atoms with van der Waals surface area (Å²) in [5.74, 6) is 6.62. The highest BCUT2D eigenvalue weighted by Crippen LogP contribution is 2.44. The normalized spacial score (nSPS) is 22.8. The van der Waals surface area contributed by atoms with Gasteiger partial charge in [0.05, 0.1) is 0 Å². The predicted molar refractivity (Wildman–Crippen MR) is 75.5 cm³/mol. The fourth-order valence-electron chi connectivity index (χ4n) is 2.17. The first-order chi connectivity index (χ1) is 9.09. The van der Waals surface area contributed by atoms with E-state index < -0.39 is 12.1 Å². The molecule has 3 unspecified atom stereocenters. The number of unbranched alkanes of at least 4 members (excludes halogenated alkanes) is 1. The number of aliphatic hydroxyl groups excluding tert-OH is 1. The minimum absolute atomic E-state index is 0.261. The second-order valence-electron chi connectivity index (χ2n) is 5.29. The largest absolute Gasteiger partial charge is 0.481 e. The van der Waals surface area contributed by atoms with Crippen molar-refractivity contribution in [2.24, 2.45) is 11.8 Å². The van der Waals surface area contributed by atoms with Crippen LogP contribution in [0.4, 0.5) is 0 Å². The van der Waals surface area contributed by atoms with Crippen LogP contribution in [0.3, 0.4) is 0 Å². The van der Waals surface area contributed by atoms with Crippen LogP contribution in [0.5, 0.6) is 0 Å². The van der Waals surface area contributed by atoms with Gasteiger partial charge in [0.25, 0.3) is 0 Å². The Hall–Kier alpha value is -1.27. The number of hydrogen-bond donors (Lipinski definition) is 2. The topological polar surface area (TPSA) is 57.5 Å². The Morgan fingerprint density at radius 2 is 2.11 bits per heavy atom. The highest BCUT2D eigenvalue weighted by molar-refractivity contribution is 5.66. The molecule has 2 N–H and O–H groups in total. The summed E-state index contributed by atoms with van der Waals surface area (Å²) in [6.07, 6.45) is 10.1. The van der Waals surface area contributed by atoms with Gasteiger partial charge in [0.1, 0.15) is 6.10 Å². The Bertz CT molecular complexity index is 360. The molecule has 0 saturated heterocycles. The van der Waals surface area contributed by atoms with Crippen LogP contribution in [-0.2, 0) is 4.79 Å². The van der Waals surface area contributed by atoms with Crippen LogP contribution in [0.1, 0.15) is 51.9 Å². The quantitative estimate of drug-likeness (QED) is 0.402. The van der Waals surface area contributed by atoms with Crippen LogP contribution in [0.2, 0.25) is 0 Å². The molecule has 106 valence electrons. The maximum atomic E-state index is 10.3. The summed E-state index contributed by atoms with van der Waals surface area (Å²) in [7, 11) is 0. The SMILES string of the molecule is CC(O)C#CCC1CC1CC/C=C/CCCC(=O)O. The van der Waals surface area contributed by atoms with Crippen molar-refractivity contribution in [3.63, 3.8) is 0 Å². The molecule has 1 rings (SSSR count). The molecule has 0 radical (unpaired) electrons. The first-order valence-electron chi connectivity index (χ1n) is 7.13. The molecule has 3 nitrogen and oxygen atoms in total. The molecule has 0 heterocycles. The molecule has 0 aromatic carbocycles. The number of carbonyl (C=O) groups is 1. The number of carboxylic acids is 1. The van der Waals surface area contributed by atoms with Gasteiger partial charge in [-0.3, -0.25) is 4.79 Å². The Labute approximate surface area is 115 Å². The first-order valence-corrected chi connectivity index (χ1v) is 7.13. The molecule has 0 spiro atoms. The fraction of sp³-hybridized carbons (Fsp3) is 0.688. The number of aliphatic hydroxyl groups is 1. The van der Waals surface area contributed by atoms with Crippen molar-refractivity contribution < 1.29 is 15.0 Å². The van der Waals surface area contributed by atoms with Crippen molar-refractivity contribution in [1.29, 1.82) is 0 Å². The summed E-state index contributed by atoms with van der Waals surface area (Å²) in [5.41, 5.74) is 0. The van der Waals surface area contributed by atoms with Crippen molar-refractivity contribution in [1.82, 2.24) is 0 Å². The molecule has 0 bridgehead atoms. The van der Waals surface area contributed by atoms with Gasteiger partial charge in [-0.2, -0.15) is 0 Å². The van der Waals surface area contributed by atoms with Gasteiger partial charge in [0.2, 0.25) is 0 Å². The van der Waals surface area contributed by atoms with E-state index in [4.69, 9.17) is 10.2 Å². The summed E-state index contributed by atoms with van der Waals surface area (Å²) in [6, 6.07) is 0. The standard InChI is InChI=1S/C16H24O3/c1-13(17)8-7-10-15-12-14(15)9-5-3-2-4-6-11-16(18)19/h2-3,13-15,17H,4-6,9-12H2,1H3,(H,18,19)/b3-2+. The van der Waals surface area contributed by atoms with Crippen LogP contribution in [0, 0.1) is 23.7 Å². The third kappa shape index (κ3) is 8.45. The molecule has 0 amide bonds. The summed E-state index contributed by atoms with van der Waals surface area (Å²) in [5, 5.41) is 17.5. The van der Waals surface area contributed by atoms with E-state index in [1.54, 1.807) is 6.92 Å². The van der Waals surface area contributed by atoms with Crippen molar-refractivity contribution in [2.75, 3.05) is 0 Å². The lowest BCUT2D eigenvalue weighted by Crippen LogP contribution is -1.92. The third-order valence-electron chi connectivity index (χ3n) is 3.38. The fourth-order valence-corrected chi connectivity index (χ4v) is 2.17. The van der Waals surface area contributed by atoms with Crippen LogP contribution in [0.25, 0.3) is 0 Å². The maximum absolute atomic E-state index is 10.3. The van der Waals surface area contributed by atoms with Crippen molar-refractivity contribution in [2.45, 2.75) is 58.0 Å². The first kappa shape index (κ1) is 15.8. The molecule has 19 heavy (non-hydrogen) atoms. The summed E-state index contributed by atoms with van der Waals surface area (Å²) in [6.45, 7) is 1.69. The zero-order valence-electron chi connectivity index (χ0n) is 11.6. The average Bonchev–Trinajstić information content (AvgIpc) is 3.05. The molecule has 1 aliphatic carbocycles. The number of hydrogen-bond acceptors (Lipinski definition) is 2. The molecule has 0 aromatic heterocycles. The van der Waals surface area contributed by atoms with Gasteiger partial charge in [-0.25, -0.2) is 0 Å². The molecule has 0 aromatic rings. The second-order valence-corrected chi connectivity index (χ2v) is 5.29. The van der Waals surface area contributed by atoms with E-state index in [0.29, 0.717) is 0 Å². The zero-order valence-corrected chi connectivity index (χ0v) is 11.6. The van der Waals surface area contributed by atoms with Gasteiger partial charge in [0, 0.05) is 12.8 Å². The van der Waals surface area contributed by atoms with Gasteiger partial charge in [-0.1, -0.05) is 18.1 Å². The summed E-state index contributed by atoms with van der Waals surface area (Å²) < 4.78 is 0. The van der Waals surface area contributed by atoms with E-state index >= 15 is 0 Å². The third-order valence-corrected chi connectivity index (χ3v) is 3.38. The number of carboxylic acid groups (broad SMARTS) is 1. The van der Waals surface area contributed by atoms with E-state index in [1.807, 2.05) is 0 Å². The lowest BCUT2D eigenvalue weighted by molar-refractivity contribution is -0.137. The zero-order chi connectivity index (χ0) is 14.1. The predicted octanol–water partition coefficient (Wildman–Crippen LogP) is 2.99. The molecule has 1 fully saturated rings. The lowest BCUT2D eigenvalue weighted by atomic mass is 10.1. The molecule has 3 heteroatoms. The smallest absolute Gasteiger partial charge is 0.303 e. The van der Waals surface area contributed by atoms with Crippen LogP contribution in [-0.4, -0.2) is 22.3 Å². The van der Waals surface area contributed by atoms with Crippen molar-refractivity contribution >= 4 is 5.97 Å². The monoisotopic (exact) mass is 264 g/mol. The van der Waals surface area contributed by atoms with Gasteiger partial charge in [-0.05, 0) is 50.9 Å². The molecule has 3 atom stereocenters. The van der Waals surface area contributed by atoms with E-state index in [9.17, 15) is 4.79 Å². The summed E-state index contributed by atoms with van der Waals surface area (Å²) in [4.78, 5) is 10.3. The highest BCUT2D eigenvalue weighted by atomic mass is 16.4. The van der Waals surface area contributed by atoms with Gasteiger partial charge < -0.3 is 10.2 Å². The Balaban J connectivity index is 1.96. The van der Waals surface area contributed by atoms with Crippen molar-refractivity contribution in [3.05, 3.63) is 12.2 Å². The second kappa shape index (κ2) is 8.77. The molecule has 1 saturated carbocycles. The maximum Gasteiger partial charge on any atom is 0.303 e. The number of aliphatic carboxylic acids is 1. The molecule has 1 aliphatic rings. The van der Waals surface area contributed by atoms with E-state index in [2.05, 4.69) is 24.0 Å². The van der Waals surface area contributed by atoms with E-state index in [0.717, 1.165) is 37.5 Å². The minimum Gasteiger partial charge on any atom is -0.481 e. The lowest BCUT2D eigenvalue weighted by Gasteiger charge is -1.94. The Kier molecular flexibility index (Phi) is 7.28. The Morgan fingerprint density at radius 3 is 2.79 bits per heavy atom. The highest BCUT2D eigenvalue weighted by Gasteiger charge is 2.34.